The van der Waals surface area contributed by atoms with E-state index in [-0.39, 0.29) is 47.6 Å². The number of pyridine rings is 1. The molecule has 2 aliphatic heterocycles. The lowest BCUT2D eigenvalue weighted by atomic mass is 10.0. The molecule has 0 saturated carbocycles. The zero-order valence-corrected chi connectivity index (χ0v) is 23.0. The normalized spacial score (nSPS) is 23.4. The van der Waals surface area contributed by atoms with Gasteiger partial charge in [-0.3, -0.25) is 24.7 Å². The first-order valence-electron chi connectivity index (χ1n) is 12.4. The van der Waals surface area contributed by atoms with E-state index in [1.165, 1.54) is 12.3 Å². The average Bonchev–Trinajstić information content (AvgIpc) is 2.89. The molecular formula is C25H31BrN6O6. The molecule has 2 aromatic rings. The third kappa shape index (κ3) is 6.40. The number of nitrogens with zero attached hydrogens (tertiary/aromatic N) is 3. The van der Waals surface area contributed by atoms with Crippen LogP contribution in [-0.4, -0.2) is 84.3 Å². The number of amides is 2. The van der Waals surface area contributed by atoms with Gasteiger partial charge in [-0.05, 0) is 32.4 Å². The Bertz CT molecular complexity index is 1200. The van der Waals surface area contributed by atoms with Crippen LogP contribution in [-0.2, 0) is 9.47 Å². The summed E-state index contributed by atoms with van der Waals surface area (Å²) in [4.78, 5) is 43.9. The molecule has 2 saturated heterocycles. The number of nitro benzene ring substituents is 1. The van der Waals surface area contributed by atoms with Crippen molar-refractivity contribution in [2.45, 2.75) is 44.6 Å². The number of hydrogen-bond acceptors (Lipinski definition) is 9. The highest BCUT2D eigenvalue weighted by molar-refractivity contribution is 9.10. The summed E-state index contributed by atoms with van der Waals surface area (Å²) in [5.41, 5.74) is 1.07. The van der Waals surface area contributed by atoms with E-state index in [2.05, 4.69) is 36.9 Å². The maximum absolute atomic E-state index is 13.7. The number of benzene rings is 1. The zero-order chi connectivity index (χ0) is 27.4. The Morgan fingerprint density at radius 1 is 1.16 bits per heavy atom. The number of carbonyl (C=O) groups is 2. The van der Waals surface area contributed by atoms with E-state index in [1.54, 1.807) is 30.3 Å². The van der Waals surface area contributed by atoms with Crippen molar-refractivity contribution in [3.8, 4) is 0 Å². The lowest BCUT2D eigenvalue weighted by molar-refractivity contribution is -0.384. The van der Waals surface area contributed by atoms with E-state index >= 15 is 0 Å². The van der Waals surface area contributed by atoms with Crippen LogP contribution in [0.3, 0.4) is 0 Å². The van der Waals surface area contributed by atoms with Crippen LogP contribution < -0.4 is 16.0 Å². The van der Waals surface area contributed by atoms with E-state index in [0.717, 1.165) is 0 Å². The maximum atomic E-state index is 13.7. The molecular weight excluding hydrogens is 560 g/mol. The third-order valence-electron chi connectivity index (χ3n) is 6.51. The van der Waals surface area contributed by atoms with Crippen molar-refractivity contribution < 1.29 is 24.0 Å². The fraction of sp³-hybridized carbons (Fsp3) is 0.480. The van der Waals surface area contributed by atoms with Gasteiger partial charge in [-0.25, -0.2) is 0 Å². The molecule has 2 aliphatic rings. The minimum absolute atomic E-state index is 0.0867. The Morgan fingerprint density at radius 2 is 1.89 bits per heavy atom. The zero-order valence-electron chi connectivity index (χ0n) is 21.4. The van der Waals surface area contributed by atoms with Crippen molar-refractivity contribution >= 4 is 44.8 Å². The van der Waals surface area contributed by atoms with Gasteiger partial charge < -0.3 is 30.3 Å². The van der Waals surface area contributed by atoms with Crippen molar-refractivity contribution in [3.63, 3.8) is 0 Å². The summed E-state index contributed by atoms with van der Waals surface area (Å²) in [6, 6.07) is 3.68. The molecule has 3 heterocycles. The van der Waals surface area contributed by atoms with Crippen molar-refractivity contribution in [1.82, 2.24) is 15.2 Å². The predicted octanol–water partition coefficient (Wildman–Crippen LogP) is 3.04. The Balaban J connectivity index is 1.63. The smallest absolute Gasteiger partial charge is 0.294 e. The predicted molar refractivity (Wildman–Crippen MR) is 145 cm³/mol. The third-order valence-corrected chi connectivity index (χ3v) is 6.97. The van der Waals surface area contributed by atoms with E-state index in [4.69, 9.17) is 9.47 Å². The molecule has 0 bridgehead atoms. The topological polar surface area (TPSA) is 148 Å². The molecule has 1 aromatic carbocycles. The number of rotatable bonds is 7. The van der Waals surface area contributed by atoms with Gasteiger partial charge in [0.25, 0.3) is 17.5 Å². The molecule has 1 aromatic heterocycles. The van der Waals surface area contributed by atoms with Gasteiger partial charge in [-0.1, -0.05) is 15.9 Å². The second-order valence-corrected chi connectivity index (χ2v) is 10.4. The van der Waals surface area contributed by atoms with E-state index in [0.29, 0.717) is 41.8 Å². The number of ether oxygens (including phenoxy) is 2. The van der Waals surface area contributed by atoms with E-state index in [1.807, 2.05) is 13.8 Å². The lowest BCUT2D eigenvalue weighted by Crippen LogP contribution is -2.52. The monoisotopic (exact) mass is 590 g/mol. The highest BCUT2D eigenvalue weighted by Crippen LogP contribution is 2.35. The minimum atomic E-state index is -0.527. The number of carbonyl (C=O) groups excluding carboxylic acids is 2. The SMILES string of the molecule is CNc1cncc(C(=O)N[C@H]2CCOC[C@H]2Nc2c(C(=O)N3C[C@@H](C)O[C@H](C)C3)cc(Br)cc2[N+](=O)[O-])c1. The van der Waals surface area contributed by atoms with Crippen LogP contribution in [0, 0.1) is 10.1 Å². The molecule has 38 heavy (non-hydrogen) atoms. The molecule has 0 aliphatic carbocycles. The van der Waals surface area contributed by atoms with Crippen molar-refractivity contribution in [3.05, 3.63) is 56.3 Å². The first kappa shape index (κ1) is 27.7. The van der Waals surface area contributed by atoms with E-state index < -0.39 is 17.0 Å². The number of morpholine rings is 1. The maximum Gasteiger partial charge on any atom is 0.294 e. The van der Waals surface area contributed by atoms with Gasteiger partial charge in [0.1, 0.15) is 5.69 Å². The standard InChI is InChI=1S/C25H31BrN6O6/c1-14-11-31(12-15(2)38-14)25(34)19-7-17(26)8-22(32(35)36)23(19)29-21-13-37-5-4-20(21)30-24(33)16-6-18(27-3)10-28-9-16/h6-10,14-15,20-21,27,29H,4-5,11-13H2,1-3H3,(H,30,33)/t14-,15-,20+,21-/m1/s1. The summed E-state index contributed by atoms with van der Waals surface area (Å²) in [5, 5.41) is 21.2. The van der Waals surface area contributed by atoms with Crippen molar-refractivity contribution in [2.24, 2.45) is 0 Å². The number of nitrogens with one attached hydrogen (secondary N) is 3. The number of halogens is 1. The van der Waals surface area contributed by atoms with Crippen LogP contribution in [0.4, 0.5) is 17.1 Å². The molecule has 0 radical (unpaired) electrons. The Labute approximate surface area is 228 Å². The number of anilines is 2. The van der Waals surface area contributed by atoms with Gasteiger partial charge >= 0.3 is 0 Å². The summed E-state index contributed by atoms with van der Waals surface area (Å²) in [5.74, 6) is -0.669. The highest BCUT2D eigenvalue weighted by Gasteiger charge is 2.34. The molecule has 12 nitrogen and oxygen atoms in total. The first-order chi connectivity index (χ1) is 18.2. The summed E-state index contributed by atoms with van der Waals surface area (Å²) in [6.45, 7) is 5.10. The van der Waals surface area contributed by atoms with Gasteiger partial charge in [0, 0.05) is 49.7 Å². The van der Waals surface area contributed by atoms with Gasteiger partial charge in [-0.15, -0.1) is 0 Å². The largest absolute Gasteiger partial charge is 0.387 e. The van der Waals surface area contributed by atoms with Gasteiger partial charge in [0.05, 0.1) is 52.6 Å². The van der Waals surface area contributed by atoms with E-state index in [9.17, 15) is 19.7 Å². The summed E-state index contributed by atoms with van der Waals surface area (Å²) >= 11 is 3.32. The molecule has 3 N–H and O–H groups in total. The second kappa shape index (κ2) is 12.0. The molecule has 2 amide bonds. The van der Waals surface area contributed by atoms with Crippen LogP contribution in [0.5, 0.6) is 0 Å². The van der Waals surface area contributed by atoms with Gasteiger partial charge in [0.15, 0.2) is 0 Å². The summed E-state index contributed by atoms with van der Waals surface area (Å²) < 4.78 is 11.8. The van der Waals surface area contributed by atoms with Crippen LogP contribution in [0.2, 0.25) is 0 Å². The quantitative estimate of drug-likeness (QED) is 0.327. The summed E-state index contributed by atoms with van der Waals surface area (Å²) in [7, 11) is 1.74. The van der Waals surface area contributed by atoms with Gasteiger partial charge in [0.2, 0.25) is 0 Å². The molecule has 4 rings (SSSR count). The molecule has 4 atom stereocenters. The summed E-state index contributed by atoms with van der Waals surface area (Å²) in [6.07, 6.45) is 3.23. The van der Waals surface area contributed by atoms with Crippen LogP contribution in [0.15, 0.2) is 35.1 Å². The molecule has 13 heteroatoms. The molecule has 0 unspecified atom stereocenters. The molecule has 2 fully saturated rings. The number of nitro groups is 1. The first-order valence-corrected chi connectivity index (χ1v) is 13.2. The second-order valence-electron chi connectivity index (χ2n) is 9.48. The highest BCUT2D eigenvalue weighted by atomic mass is 79.9. The number of hydrogen-bond donors (Lipinski definition) is 3. The van der Waals surface area contributed by atoms with Crippen molar-refractivity contribution in [1.29, 1.82) is 0 Å². The van der Waals surface area contributed by atoms with Crippen LogP contribution in [0.25, 0.3) is 0 Å². The average molecular weight is 591 g/mol. The minimum Gasteiger partial charge on any atom is -0.387 e. The fourth-order valence-corrected chi connectivity index (χ4v) is 5.21. The Kier molecular flexibility index (Phi) is 8.80. The molecule has 0 spiro atoms. The molecule has 204 valence electrons. The lowest BCUT2D eigenvalue weighted by Gasteiger charge is -2.36. The van der Waals surface area contributed by atoms with Crippen LogP contribution >= 0.6 is 15.9 Å². The Morgan fingerprint density at radius 3 is 2.58 bits per heavy atom. The van der Waals surface area contributed by atoms with Gasteiger partial charge in [-0.2, -0.15) is 0 Å². The number of aromatic nitrogens is 1. The Hall–Kier alpha value is -3.29. The fourth-order valence-electron chi connectivity index (χ4n) is 4.76. The van der Waals surface area contributed by atoms with Crippen LogP contribution in [0.1, 0.15) is 41.0 Å². The van der Waals surface area contributed by atoms with Crippen molar-refractivity contribution in [2.75, 3.05) is 44.0 Å².